The Morgan fingerprint density at radius 2 is 2.04 bits per heavy atom. The average Bonchev–Trinajstić information content (AvgIpc) is 2.83. The minimum absolute atomic E-state index is 0.0749. The number of rotatable bonds is 11. The molecule has 2 atom stereocenters. The van der Waals surface area contributed by atoms with Crippen molar-refractivity contribution in [1.82, 2.24) is 0 Å². The number of carbonyl (C=O) groups excluding carboxylic acids is 1. The van der Waals surface area contributed by atoms with Crippen molar-refractivity contribution >= 4 is 23.4 Å². The molecule has 5 heteroatoms. The summed E-state index contributed by atoms with van der Waals surface area (Å²) in [6.45, 7) is 2.04. The molecule has 1 aliphatic rings. The number of unbranched alkanes of at least 4 members (excludes halogenated alkanes) is 1. The summed E-state index contributed by atoms with van der Waals surface area (Å²) in [6.07, 6.45) is 14.9. The molecule has 0 spiro atoms. The topological polar surface area (TPSA) is 74.6 Å². The number of ketones is 1. The fourth-order valence-corrected chi connectivity index (χ4v) is 2.86. The van der Waals surface area contributed by atoms with Crippen molar-refractivity contribution < 1.29 is 19.8 Å². The number of carboxylic acids is 1. The molecule has 0 radical (unpaired) electrons. The van der Waals surface area contributed by atoms with Crippen LogP contribution in [0.4, 0.5) is 0 Å². The van der Waals surface area contributed by atoms with Crippen molar-refractivity contribution in [3.63, 3.8) is 0 Å². The van der Waals surface area contributed by atoms with Gasteiger partial charge in [0.2, 0.25) is 0 Å². The van der Waals surface area contributed by atoms with Gasteiger partial charge in [-0.3, -0.25) is 9.59 Å². The number of hydrogen-bond donors (Lipinski definition) is 2. The second-order valence-corrected chi connectivity index (χ2v) is 6.51. The summed E-state index contributed by atoms with van der Waals surface area (Å²) in [5.74, 6) is -1.03. The van der Waals surface area contributed by atoms with Crippen LogP contribution in [0.5, 0.6) is 0 Å². The van der Waals surface area contributed by atoms with E-state index in [0.29, 0.717) is 37.7 Å². The molecule has 0 aromatic rings. The average molecular weight is 367 g/mol. The van der Waals surface area contributed by atoms with Gasteiger partial charge in [0.15, 0.2) is 5.78 Å². The summed E-state index contributed by atoms with van der Waals surface area (Å²) in [5.41, 5.74) is 0.638. The van der Waals surface area contributed by atoms with Crippen LogP contribution in [0.15, 0.2) is 47.1 Å². The van der Waals surface area contributed by atoms with E-state index in [9.17, 15) is 14.7 Å². The third kappa shape index (κ3) is 8.32. The molecule has 0 heterocycles. The number of allylic oxidation sites excluding steroid dienone is 6. The molecule has 25 heavy (non-hydrogen) atoms. The predicted molar refractivity (Wildman–Crippen MR) is 100 cm³/mol. The van der Waals surface area contributed by atoms with Crippen LogP contribution in [0.2, 0.25) is 0 Å². The second kappa shape index (κ2) is 11.8. The maximum absolute atomic E-state index is 12.1. The highest BCUT2D eigenvalue weighted by Crippen LogP contribution is 2.32. The van der Waals surface area contributed by atoms with E-state index in [2.05, 4.69) is 0 Å². The van der Waals surface area contributed by atoms with Gasteiger partial charge in [-0.15, -0.1) is 0 Å². The Balaban J connectivity index is 2.54. The van der Waals surface area contributed by atoms with Crippen LogP contribution < -0.4 is 0 Å². The maximum Gasteiger partial charge on any atom is 0.303 e. The summed E-state index contributed by atoms with van der Waals surface area (Å²) in [5, 5.41) is 18.8. The van der Waals surface area contributed by atoms with E-state index in [-0.39, 0.29) is 23.2 Å². The zero-order chi connectivity index (χ0) is 18.7. The van der Waals surface area contributed by atoms with Gasteiger partial charge < -0.3 is 10.2 Å². The summed E-state index contributed by atoms with van der Waals surface area (Å²) >= 11 is 5.97. The zero-order valence-electron chi connectivity index (χ0n) is 14.7. The molecule has 0 amide bonds. The minimum Gasteiger partial charge on any atom is -0.481 e. The zero-order valence-corrected chi connectivity index (χ0v) is 15.4. The van der Waals surface area contributed by atoms with Crippen LogP contribution in [0.3, 0.4) is 0 Å². The lowest BCUT2D eigenvalue weighted by Gasteiger charge is -2.09. The van der Waals surface area contributed by atoms with Gasteiger partial charge >= 0.3 is 5.97 Å². The van der Waals surface area contributed by atoms with Crippen molar-refractivity contribution in [3.05, 3.63) is 47.1 Å². The van der Waals surface area contributed by atoms with Gasteiger partial charge in [0, 0.05) is 17.9 Å². The van der Waals surface area contributed by atoms with Crippen molar-refractivity contribution in [2.75, 3.05) is 0 Å². The first-order valence-corrected chi connectivity index (χ1v) is 9.15. The van der Waals surface area contributed by atoms with Crippen LogP contribution in [-0.2, 0) is 9.59 Å². The van der Waals surface area contributed by atoms with Crippen LogP contribution in [0.1, 0.15) is 51.9 Å². The quantitative estimate of drug-likeness (QED) is 0.320. The van der Waals surface area contributed by atoms with E-state index in [1.165, 1.54) is 0 Å². The van der Waals surface area contributed by atoms with Crippen molar-refractivity contribution in [2.45, 2.75) is 58.0 Å². The lowest BCUT2D eigenvalue weighted by molar-refractivity contribution is -0.137. The number of halogens is 1. The summed E-state index contributed by atoms with van der Waals surface area (Å²) < 4.78 is 0. The molecule has 0 fully saturated rings. The van der Waals surface area contributed by atoms with Gasteiger partial charge in [-0.25, -0.2) is 0 Å². The molecule has 1 rings (SSSR count). The number of carbonyl (C=O) groups is 2. The smallest absolute Gasteiger partial charge is 0.303 e. The fourth-order valence-electron chi connectivity index (χ4n) is 2.60. The largest absolute Gasteiger partial charge is 0.481 e. The minimum atomic E-state index is -0.790. The molecule has 0 saturated heterocycles. The Hall–Kier alpha value is -1.65. The van der Waals surface area contributed by atoms with Gasteiger partial charge in [-0.1, -0.05) is 55.0 Å². The SMILES string of the molecule is CC/C=C\C[C@H](O)C/C=C1/C(=O)C(Cl)=C[C@@H]1C/C=C\CCCC(=O)O. The van der Waals surface area contributed by atoms with E-state index in [4.69, 9.17) is 16.7 Å². The van der Waals surface area contributed by atoms with Crippen LogP contribution in [0.25, 0.3) is 0 Å². The van der Waals surface area contributed by atoms with E-state index >= 15 is 0 Å². The number of aliphatic hydroxyl groups excluding tert-OH is 1. The Kier molecular flexibility index (Phi) is 10.1. The number of hydrogen-bond acceptors (Lipinski definition) is 3. The molecule has 0 aromatic heterocycles. The molecule has 138 valence electrons. The Labute approximate surface area is 154 Å². The van der Waals surface area contributed by atoms with E-state index in [1.807, 2.05) is 31.2 Å². The van der Waals surface area contributed by atoms with E-state index < -0.39 is 12.1 Å². The third-order valence-corrected chi connectivity index (χ3v) is 4.26. The molecule has 2 N–H and O–H groups in total. The molecule has 0 unspecified atom stereocenters. The number of Topliss-reactive ketones (excluding diaryl/α,β-unsaturated/α-hetero) is 1. The molecule has 0 saturated carbocycles. The van der Waals surface area contributed by atoms with Crippen molar-refractivity contribution in [3.8, 4) is 0 Å². The Bertz CT molecular complexity index is 572. The second-order valence-electron chi connectivity index (χ2n) is 6.11. The summed E-state index contributed by atoms with van der Waals surface area (Å²) in [7, 11) is 0. The normalized spacial score (nSPS) is 20.8. The van der Waals surface area contributed by atoms with E-state index in [0.717, 1.165) is 6.42 Å². The Morgan fingerprint density at radius 1 is 1.28 bits per heavy atom. The molecular weight excluding hydrogens is 340 g/mol. The molecule has 0 bridgehead atoms. The lowest BCUT2D eigenvalue weighted by Crippen LogP contribution is -2.07. The number of aliphatic hydroxyl groups is 1. The first-order valence-electron chi connectivity index (χ1n) is 8.77. The van der Waals surface area contributed by atoms with Gasteiger partial charge in [-0.05, 0) is 38.5 Å². The van der Waals surface area contributed by atoms with Crippen LogP contribution in [0, 0.1) is 5.92 Å². The fraction of sp³-hybridized carbons (Fsp3) is 0.500. The molecular formula is C20H27ClO4. The maximum atomic E-state index is 12.1. The highest BCUT2D eigenvalue weighted by molar-refractivity contribution is 6.46. The van der Waals surface area contributed by atoms with Crippen molar-refractivity contribution in [2.24, 2.45) is 5.92 Å². The van der Waals surface area contributed by atoms with E-state index in [1.54, 1.807) is 12.2 Å². The predicted octanol–water partition coefficient (Wildman–Crippen LogP) is 4.54. The molecule has 0 aromatic carbocycles. The van der Waals surface area contributed by atoms with Gasteiger partial charge in [0.1, 0.15) is 0 Å². The van der Waals surface area contributed by atoms with Crippen LogP contribution in [-0.4, -0.2) is 28.1 Å². The van der Waals surface area contributed by atoms with Crippen LogP contribution >= 0.6 is 11.6 Å². The lowest BCUT2D eigenvalue weighted by atomic mass is 9.96. The molecule has 0 aliphatic heterocycles. The first-order chi connectivity index (χ1) is 12.0. The molecule has 1 aliphatic carbocycles. The van der Waals surface area contributed by atoms with Gasteiger partial charge in [0.25, 0.3) is 0 Å². The standard InChI is InChI=1S/C20H27ClO4/c1-2-3-6-10-16(22)12-13-17-15(14-18(21)20(17)25)9-7-4-5-8-11-19(23)24/h3-4,6-7,13-16,22H,2,5,8-12H2,1H3,(H,23,24)/b6-3-,7-4-,17-13+/t15-,16-/m0/s1. The van der Waals surface area contributed by atoms with Gasteiger partial charge in [0.05, 0.1) is 11.1 Å². The van der Waals surface area contributed by atoms with Gasteiger partial charge in [-0.2, -0.15) is 0 Å². The molecule has 4 nitrogen and oxygen atoms in total. The summed E-state index contributed by atoms with van der Waals surface area (Å²) in [6, 6.07) is 0. The number of carboxylic acid groups (broad SMARTS) is 1. The Morgan fingerprint density at radius 3 is 2.72 bits per heavy atom. The first kappa shape index (κ1) is 21.4. The number of aliphatic carboxylic acids is 1. The van der Waals surface area contributed by atoms with Crippen molar-refractivity contribution in [1.29, 1.82) is 0 Å². The third-order valence-electron chi connectivity index (χ3n) is 3.96. The summed E-state index contributed by atoms with van der Waals surface area (Å²) in [4.78, 5) is 22.6. The highest BCUT2D eigenvalue weighted by atomic mass is 35.5. The monoisotopic (exact) mass is 366 g/mol. The highest BCUT2D eigenvalue weighted by Gasteiger charge is 2.27.